The van der Waals surface area contributed by atoms with Gasteiger partial charge in [0.05, 0.1) is 11.3 Å². The molecule has 1 heterocycles. The van der Waals surface area contributed by atoms with Crippen molar-refractivity contribution in [1.29, 1.82) is 0 Å². The maximum absolute atomic E-state index is 12.9. The number of benzene rings is 2. The fourth-order valence-corrected chi connectivity index (χ4v) is 2.51. The summed E-state index contributed by atoms with van der Waals surface area (Å²) in [6.07, 6.45) is -4.40. The lowest BCUT2D eigenvalue weighted by Crippen LogP contribution is -2.13. The van der Waals surface area contributed by atoms with Gasteiger partial charge >= 0.3 is 6.18 Å². The first-order valence-corrected chi connectivity index (χ1v) is 8.46. The molecule has 2 N–H and O–H groups in total. The molecule has 0 bridgehead atoms. The number of hydrogen-bond acceptors (Lipinski definition) is 4. The Morgan fingerprint density at radius 2 is 1.63 bits per heavy atom. The number of nitrogens with zero attached hydrogens (tertiary/aromatic N) is 2. The predicted octanol–water partition coefficient (Wildman–Crippen LogP) is 5.73. The second-order valence-corrected chi connectivity index (χ2v) is 6.33. The molecule has 0 saturated heterocycles. The van der Waals surface area contributed by atoms with Gasteiger partial charge in [0.25, 0.3) is 0 Å². The highest BCUT2D eigenvalue weighted by atomic mass is 19.4. The quantitative estimate of drug-likeness (QED) is 0.601. The Labute approximate surface area is 155 Å². The fraction of sp³-hybridized carbons (Fsp3) is 0.200. The first kappa shape index (κ1) is 18.7. The molecule has 27 heavy (non-hydrogen) atoms. The zero-order valence-corrected chi connectivity index (χ0v) is 14.9. The SMILES string of the molecule is CC(C)Nc1nc(Nc2cccc(C(F)(F)F)c2)cc(-c2ccccc2)n1. The summed E-state index contributed by atoms with van der Waals surface area (Å²) in [5, 5.41) is 6.08. The van der Waals surface area contributed by atoms with Gasteiger partial charge in [0, 0.05) is 23.4 Å². The molecule has 0 aliphatic carbocycles. The molecule has 0 spiro atoms. The van der Waals surface area contributed by atoms with Crippen molar-refractivity contribution in [2.45, 2.75) is 26.1 Å². The second-order valence-electron chi connectivity index (χ2n) is 6.33. The van der Waals surface area contributed by atoms with Crippen LogP contribution in [0.15, 0.2) is 60.7 Å². The second kappa shape index (κ2) is 7.65. The molecule has 0 aliphatic rings. The lowest BCUT2D eigenvalue weighted by atomic mass is 10.1. The van der Waals surface area contributed by atoms with Crippen molar-refractivity contribution in [3.63, 3.8) is 0 Å². The van der Waals surface area contributed by atoms with E-state index in [4.69, 9.17) is 0 Å². The molecule has 2 aromatic carbocycles. The van der Waals surface area contributed by atoms with Crippen molar-refractivity contribution in [2.24, 2.45) is 0 Å². The summed E-state index contributed by atoms with van der Waals surface area (Å²) in [6.45, 7) is 3.91. The molecule has 140 valence electrons. The lowest BCUT2D eigenvalue weighted by molar-refractivity contribution is -0.137. The van der Waals surface area contributed by atoms with Gasteiger partial charge in [-0.15, -0.1) is 0 Å². The Morgan fingerprint density at radius 1 is 0.889 bits per heavy atom. The van der Waals surface area contributed by atoms with Crippen LogP contribution in [-0.2, 0) is 6.18 Å². The summed E-state index contributed by atoms with van der Waals surface area (Å²) in [7, 11) is 0. The monoisotopic (exact) mass is 372 g/mol. The van der Waals surface area contributed by atoms with E-state index in [0.717, 1.165) is 17.7 Å². The smallest absolute Gasteiger partial charge is 0.352 e. The van der Waals surface area contributed by atoms with E-state index < -0.39 is 11.7 Å². The van der Waals surface area contributed by atoms with Crippen molar-refractivity contribution >= 4 is 17.5 Å². The van der Waals surface area contributed by atoms with Gasteiger partial charge in [-0.05, 0) is 32.0 Å². The molecule has 0 aliphatic heterocycles. The molecule has 0 amide bonds. The number of halogens is 3. The van der Waals surface area contributed by atoms with Gasteiger partial charge in [-0.2, -0.15) is 18.2 Å². The van der Waals surface area contributed by atoms with Crippen LogP contribution in [-0.4, -0.2) is 16.0 Å². The van der Waals surface area contributed by atoms with Crippen LogP contribution >= 0.6 is 0 Å². The van der Waals surface area contributed by atoms with Gasteiger partial charge in [0.1, 0.15) is 5.82 Å². The van der Waals surface area contributed by atoms with E-state index in [1.54, 1.807) is 12.1 Å². The van der Waals surface area contributed by atoms with Crippen molar-refractivity contribution in [3.05, 3.63) is 66.2 Å². The molecule has 4 nitrogen and oxygen atoms in total. The van der Waals surface area contributed by atoms with E-state index in [9.17, 15) is 13.2 Å². The summed E-state index contributed by atoms with van der Waals surface area (Å²) in [5.74, 6) is 0.812. The Kier molecular flexibility index (Phi) is 5.30. The molecule has 0 unspecified atom stereocenters. The Bertz CT molecular complexity index is 909. The summed E-state index contributed by atoms with van der Waals surface area (Å²) in [4.78, 5) is 8.87. The van der Waals surface area contributed by atoms with Gasteiger partial charge in [-0.25, -0.2) is 4.98 Å². The first-order valence-electron chi connectivity index (χ1n) is 8.46. The van der Waals surface area contributed by atoms with E-state index in [0.29, 0.717) is 23.1 Å². The van der Waals surface area contributed by atoms with Crippen LogP contribution in [0.2, 0.25) is 0 Å². The van der Waals surface area contributed by atoms with Crippen LogP contribution in [0.5, 0.6) is 0 Å². The zero-order valence-electron chi connectivity index (χ0n) is 14.9. The average molecular weight is 372 g/mol. The summed E-state index contributed by atoms with van der Waals surface area (Å²) >= 11 is 0. The van der Waals surface area contributed by atoms with Crippen LogP contribution in [0.25, 0.3) is 11.3 Å². The zero-order chi connectivity index (χ0) is 19.4. The third-order valence-electron chi connectivity index (χ3n) is 3.68. The normalized spacial score (nSPS) is 11.5. The number of hydrogen-bond donors (Lipinski definition) is 2. The number of anilines is 3. The Morgan fingerprint density at radius 3 is 2.30 bits per heavy atom. The Balaban J connectivity index is 1.97. The number of nitrogens with one attached hydrogen (secondary N) is 2. The largest absolute Gasteiger partial charge is 0.416 e. The molecular formula is C20H19F3N4. The third-order valence-corrected chi connectivity index (χ3v) is 3.68. The predicted molar refractivity (Wildman–Crippen MR) is 101 cm³/mol. The Hall–Kier alpha value is -3.09. The van der Waals surface area contributed by atoms with Gasteiger partial charge in [-0.3, -0.25) is 0 Å². The van der Waals surface area contributed by atoms with E-state index in [1.165, 1.54) is 6.07 Å². The number of alkyl halides is 3. The highest BCUT2D eigenvalue weighted by Gasteiger charge is 2.30. The van der Waals surface area contributed by atoms with Crippen LogP contribution < -0.4 is 10.6 Å². The first-order chi connectivity index (χ1) is 12.8. The van der Waals surface area contributed by atoms with Gasteiger partial charge in [0.2, 0.25) is 5.95 Å². The van der Waals surface area contributed by atoms with E-state index in [-0.39, 0.29) is 6.04 Å². The molecule has 1 aromatic heterocycles. The summed E-state index contributed by atoms with van der Waals surface area (Å²) in [5.41, 5.74) is 1.14. The fourth-order valence-electron chi connectivity index (χ4n) is 2.51. The summed E-state index contributed by atoms with van der Waals surface area (Å²) in [6, 6.07) is 16.3. The minimum atomic E-state index is -4.40. The molecule has 7 heteroatoms. The molecule has 0 saturated carbocycles. The van der Waals surface area contributed by atoms with Crippen molar-refractivity contribution in [2.75, 3.05) is 10.6 Å². The molecule has 0 radical (unpaired) electrons. The van der Waals surface area contributed by atoms with Crippen LogP contribution in [0.1, 0.15) is 19.4 Å². The molecule has 0 atom stereocenters. The maximum Gasteiger partial charge on any atom is 0.416 e. The van der Waals surface area contributed by atoms with Crippen molar-refractivity contribution in [1.82, 2.24) is 9.97 Å². The van der Waals surface area contributed by atoms with Crippen molar-refractivity contribution in [3.8, 4) is 11.3 Å². The van der Waals surface area contributed by atoms with Crippen LogP contribution in [0.3, 0.4) is 0 Å². The number of rotatable bonds is 5. The molecule has 3 rings (SSSR count). The van der Waals surface area contributed by atoms with E-state index >= 15 is 0 Å². The van der Waals surface area contributed by atoms with Gasteiger partial charge in [0.15, 0.2) is 0 Å². The van der Waals surface area contributed by atoms with Crippen molar-refractivity contribution < 1.29 is 13.2 Å². The van der Waals surface area contributed by atoms with Gasteiger partial charge in [-0.1, -0.05) is 36.4 Å². The van der Waals surface area contributed by atoms with E-state index in [2.05, 4.69) is 20.6 Å². The van der Waals surface area contributed by atoms with Crippen LogP contribution in [0.4, 0.5) is 30.6 Å². The molecular weight excluding hydrogens is 353 g/mol. The molecule has 0 fully saturated rings. The minimum absolute atomic E-state index is 0.109. The highest BCUT2D eigenvalue weighted by Crippen LogP contribution is 2.31. The lowest BCUT2D eigenvalue weighted by Gasteiger charge is -2.14. The third kappa shape index (κ3) is 4.97. The van der Waals surface area contributed by atoms with Gasteiger partial charge < -0.3 is 10.6 Å². The topological polar surface area (TPSA) is 49.8 Å². The summed E-state index contributed by atoms with van der Waals surface area (Å²) < 4.78 is 38.8. The minimum Gasteiger partial charge on any atom is -0.352 e. The average Bonchev–Trinajstić information content (AvgIpc) is 2.61. The standard InChI is InChI=1S/C20H19F3N4/c1-13(2)24-19-26-17(14-7-4-3-5-8-14)12-18(27-19)25-16-10-6-9-15(11-16)20(21,22)23/h3-13H,1-2H3,(H2,24,25,26,27). The number of aromatic nitrogens is 2. The molecule has 3 aromatic rings. The maximum atomic E-state index is 12.9. The highest BCUT2D eigenvalue weighted by molar-refractivity contribution is 5.67. The van der Waals surface area contributed by atoms with Crippen LogP contribution in [0, 0.1) is 0 Å². The van der Waals surface area contributed by atoms with E-state index in [1.807, 2.05) is 44.2 Å².